The topological polar surface area (TPSA) is 13.0 Å². The number of rotatable bonds is 20. The molecular weight excluding hydrogens is 1620 g/mol. The van der Waals surface area contributed by atoms with E-state index in [-0.39, 0.29) is 0 Å². The molecule has 134 heavy (non-hydrogen) atoms. The average molecular weight is 1710 g/mol. The van der Waals surface area contributed by atoms with Crippen molar-refractivity contribution in [3.8, 4) is 22.3 Å². The molecule has 0 aliphatic carbocycles. The summed E-state index contributed by atoms with van der Waals surface area (Å²) in [6, 6.07) is 192. The highest BCUT2D eigenvalue weighted by atomic mass is 15.2. The monoisotopic (exact) mass is 1700 g/mol. The van der Waals surface area contributed by atoms with Crippen LogP contribution < -0.4 is 19.6 Å². The van der Waals surface area contributed by atoms with E-state index in [0.717, 1.165) is 124 Å². The number of nitrogens with zero attached hydrogens (tertiary/aromatic N) is 4. The molecule has 4 nitrogen and oxygen atoms in total. The van der Waals surface area contributed by atoms with E-state index in [0.29, 0.717) is 0 Å². The van der Waals surface area contributed by atoms with Crippen molar-refractivity contribution in [2.24, 2.45) is 0 Å². The molecule has 0 radical (unpaired) electrons. The smallest absolute Gasteiger partial charge is 0.0468 e. The first-order chi connectivity index (χ1) is 66.4. The number of para-hydroxylation sites is 1. The molecule has 0 aromatic heterocycles. The largest absolute Gasteiger partial charge is 0.310 e. The number of anilines is 12. The molecule has 24 aromatic rings. The molecule has 24 aromatic carbocycles. The summed E-state index contributed by atoms with van der Waals surface area (Å²) in [5, 5.41) is 21.5. The zero-order valence-corrected chi connectivity index (χ0v) is 73.6. The predicted octanol–water partition coefficient (Wildman–Crippen LogP) is 36.5. The molecule has 24 rings (SSSR count). The van der Waals surface area contributed by atoms with E-state index in [4.69, 9.17) is 0 Å². The maximum absolute atomic E-state index is 2.39. The van der Waals surface area contributed by atoms with Crippen LogP contribution in [0.5, 0.6) is 0 Å². The molecule has 0 atom stereocenters. The summed E-state index contributed by atoms with van der Waals surface area (Å²) >= 11 is 0. The Morgan fingerprint density at radius 2 is 0.306 bits per heavy atom. The summed E-state index contributed by atoms with van der Waals surface area (Å²) in [5.41, 5.74) is 26.4. The maximum atomic E-state index is 2.39. The Hall–Kier alpha value is -17.7. The molecule has 0 amide bonds. The van der Waals surface area contributed by atoms with Crippen molar-refractivity contribution >= 4 is 188 Å². The van der Waals surface area contributed by atoms with Crippen LogP contribution in [0.4, 0.5) is 68.2 Å². The van der Waals surface area contributed by atoms with Crippen LogP contribution in [0.1, 0.15) is 33.4 Å². The Labute approximate surface area is 779 Å². The highest BCUT2D eigenvalue weighted by molar-refractivity contribution is 6.22. The molecular formula is C130H88N4. The third-order valence-electron chi connectivity index (χ3n) is 26.7. The third-order valence-corrected chi connectivity index (χ3v) is 26.7. The molecule has 0 bridgehead atoms. The van der Waals surface area contributed by atoms with Gasteiger partial charge in [-0.05, 0) is 321 Å². The van der Waals surface area contributed by atoms with Crippen molar-refractivity contribution in [3.63, 3.8) is 0 Å². The first-order valence-corrected chi connectivity index (χ1v) is 46.0. The summed E-state index contributed by atoms with van der Waals surface area (Å²) in [6.45, 7) is 0. The maximum Gasteiger partial charge on any atom is 0.0468 e. The van der Waals surface area contributed by atoms with Gasteiger partial charge in [0.15, 0.2) is 0 Å². The molecule has 628 valence electrons. The lowest BCUT2D eigenvalue weighted by Gasteiger charge is -2.27. The highest BCUT2D eigenvalue weighted by Gasteiger charge is 2.24. The van der Waals surface area contributed by atoms with E-state index in [1.807, 2.05) is 0 Å². The summed E-state index contributed by atoms with van der Waals surface area (Å²) in [5.74, 6) is 0. The predicted molar refractivity (Wildman–Crippen MR) is 573 cm³/mol. The Morgan fingerprint density at radius 3 is 0.537 bits per heavy atom. The van der Waals surface area contributed by atoms with Gasteiger partial charge in [-0.2, -0.15) is 0 Å². The van der Waals surface area contributed by atoms with Gasteiger partial charge in [0, 0.05) is 68.2 Å². The van der Waals surface area contributed by atoms with Gasteiger partial charge in [0.25, 0.3) is 0 Å². The summed E-state index contributed by atoms with van der Waals surface area (Å²) < 4.78 is 0. The lowest BCUT2D eigenvalue weighted by atomic mass is 9.85. The average Bonchev–Trinajstić information content (AvgIpc) is 0.732. The van der Waals surface area contributed by atoms with Crippen LogP contribution >= 0.6 is 0 Å². The summed E-state index contributed by atoms with van der Waals surface area (Å²) in [6.07, 6.45) is 4.73. The van der Waals surface area contributed by atoms with Crippen LogP contribution in [-0.4, -0.2) is 0 Å². The van der Waals surface area contributed by atoms with Gasteiger partial charge in [0.1, 0.15) is 0 Å². The highest BCUT2D eigenvalue weighted by Crippen LogP contribution is 2.49. The second-order valence-electron chi connectivity index (χ2n) is 34.8. The first-order valence-electron chi connectivity index (χ1n) is 46.0. The van der Waals surface area contributed by atoms with Crippen molar-refractivity contribution in [2.75, 3.05) is 19.6 Å². The van der Waals surface area contributed by atoms with Gasteiger partial charge >= 0.3 is 0 Å². The molecule has 0 aliphatic heterocycles. The minimum Gasteiger partial charge on any atom is -0.310 e. The minimum atomic E-state index is 1.06. The van der Waals surface area contributed by atoms with Crippen molar-refractivity contribution < 1.29 is 0 Å². The van der Waals surface area contributed by atoms with Gasteiger partial charge < -0.3 is 19.6 Å². The minimum absolute atomic E-state index is 1.06. The Balaban J connectivity index is 0.608. The van der Waals surface area contributed by atoms with Crippen molar-refractivity contribution in [1.29, 1.82) is 0 Å². The lowest BCUT2D eigenvalue weighted by Crippen LogP contribution is -2.10. The van der Waals surface area contributed by atoms with Gasteiger partial charge in [-0.25, -0.2) is 0 Å². The quantitative estimate of drug-likeness (QED) is 0.0557. The summed E-state index contributed by atoms with van der Waals surface area (Å²) in [7, 11) is 0. The zero-order chi connectivity index (χ0) is 88.8. The normalized spacial score (nSPS) is 11.8. The molecule has 0 heterocycles. The van der Waals surface area contributed by atoms with E-state index in [1.165, 1.54) is 108 Å². The second-order valence-corrected chi connectivity index (χ2v) is 34.8. The van der Waals surface area contributed by atoms with Crippen LogP contribution in [0.3, 0.4) is 0 Å². The van der Waals surface area contributed by atoms with E-state index in [1.54, 1.807) is 0 Å². The van der Waals surface area contributed by atoms with Crippen molar-refractivity contribution in [1.82, 2.24) is 0 Å². The Bertz CT molecular complexity index is 8330. The van der Waals surface area contributed by atoms with Crippen LogP contribution in [-0.2, 0) is 0 Å². The second kappa shape index (κ2) is 34.7. The molecule has 0 fully saturated rings. The zero-order valence-electron chi connectivity index (χ0n) is 73.6. The first kappa shape index (κ1) is 79.7. The van der Waals surface area contributed by atoms with Crippen molar-refractivity contribution in [2.45, 2.75) is 0 Å². The number of hydrogen-bond acceptors (Lipinski definition) is 4. The molecule has 0 spiro atoms. The molecule has 0 aliphatic rings. The van der Waals surface area contributed by atoms with Gasteiger partial charge in [-0.3, -0.25) is 0 Å². The summed E-state index contributed by atoms with van der Waals surface area (Å²) in [4.78, 5) is 9.52. The fourth-order valence-electron chi connectivity index (χ4n) is 20.0. The van der Waals surface area contributed by atoms with Gasteiger partial charge in [-0.1, -0.05) is 376 Å². The molecule has 0 N–H and O–H groups in total. The van der Waals surface area contributed by atoms with E-state index >= 15 is 0 Å². The molecule has 0 saturated heterocycles. The van der Waals surface area contributed by atoms with E-state index in [2.05, 4.69) is 553 Å². The van der Waals surface area contributed by atoms with Crippen LogP contribution in [0.15, 0.2) is 522 Å². The van der Waals surface area contributed by atoms with Crippen molar-refractivity contribution in [3.05, 3.63) is 555 Å². The standard InChI is InChI=1S/C130H88N4/c1-2-36-111(37-3-1)131(116-73-54-91-22-4-11-29-104(91)82-116)112-65-42-89(43-66-112)80-127(100-61-69-114(70-62-100)133(119-76-57-94-25-7-14-32-107(94)85-119)120-77-58-95-26-8-15-33-108(95)86-120)98-46-50-102(51-47-98)129-123-38-18-20-40-125(123)130(126-41-21-19-39-124(126)129)103-52-48-99(49-53-103)128(101-63-71-115(72-64-101)134(121-78-59-96-27-9-16-34-109(96)87-121)122-79-60-97-28-10-17-35-110(97)88-122)81-90-44-67-113(68-45-90)132(117-74-55-92-23-5-12-30-105(92)83-117)118-75-56-93-24-6-13-31-106(93)84-118/h1-88H. The van der Waals surface area contributed by atoms with E-state index in [9.17, 15) is 0 Å². The fraction of sp³-hybridized carbons (Fsp3) is 0. The lowest BCUT2D eigenvalue weighted by molar-refractivity contribution is 1.29. The van der Waals surface area contributed by atoms with Gasteiger partial charge in [-0.15, -0.1) is 0 Å². The number of fused-ring (bicyclic) bond motifs is 9. The van der Waals surface area contributed by atoms with Crippen LogP contribution in [0.25, 0.3) is 143 Å². The number of benzene rings is 24. The SMILES string of the molecule is C(=C(c1ccc(-c2c3ccccc3c(-c3ccc(C(=Cc4ccc(N(c5ccc6ccccc6c5)c5ccc6ccccc6c5)cc4)c4ccc(N(c5ccc6ccccc6c5)c5ccc6ccccc6c5)cc4)cc3)c3ccccc23)cc1)c1ccc(N(c2ccc3ccccc3c2)c2ccc3ccccc3c2)cc1)c1ccc(N(c2ccccc2)c2ccc3ccccc3c2)cc1. The third kappa shape index (κ3) is 15.4. The fourth-order valence-corrected chi connectivity index (χ4v) is 20.0. The van der Waals surface area contributed by atoms with Gasteiger partial charge in [0.05, 0.1) is 0 Å². The Morgan fingerprint density at radius 1 is 0.134 bits per heavy atom. The molecule has 0 unspecified atom stereocenters. The Kier molecular flexibility index (Phi) is 20.6. The molecule has 4 heteroatoms. The van der Waals surface area contributed by atoms with Gasteiger partial charge in [0.2, 0.25) is 0 Å². The number of hydrogen-bond donors (Lipinski definition) is 0. The van der Waals surface area contributed by atoms with Crippen LogP contribution in [0, 0.1) is 0 Å². The molecule has 0 saturated carbocycles. The van der Waals surface area contributed by atoms with Crippen LogP contribution in [0.2, 0.25) is 0 Å². The van der Waals surface area contributed by atoms with E-state index < -0.39 is 0 Å².